The molecule has 0 aliphatic rings. The van der Waals surface area contributed by atoms with Crippen LogP contribution in [0, 0.1) is 5.92 Å². The van der Waals surface area contributed by atoms with Crippen LogP contribution in [0.1, 0.15) is 18.7 Å². The second-order valence-electron chi connectivity index (χ2n) is 3.66. The minimum atomic E-state index is 0.574. The van der Waals surface area contributed by atoms with Crippen LogP contribution in [0.15, 0.2) is 22.5 Å². The maximum Gasteiger partial charge on any atom is 0.206 e. The Morgan fingerprint density at radius 3 is 2.93 bits per heavy atom. The van der Waals surface area contributed by atoms with E-state index in [1.807, 2.05) is 11.4 Å². The summed E-state index contributed by atoms with van der Waals surface area (Å²) in [5, 5.41) is 5.19. The highest BCUT2D eigenvalue weighted by Gasteiger charge is 1.98. The molecule has 0 amide bonds. The number of hydrogen-bond acceptors (Lipinski definition) is 3. The largest absolute Gasteiger partial charge is 0.355 e. The van der Waals surface area contributed by atoms with Gasteiger partial charge in [-0.2, -0.15) is 0 Å². The lowest BCUT2D eigenvalue weighted by Gasteiger charge is -2.10. The first-order chi connectivity index (χ1) is 7.22. The first-order valence-corrected chi connectivity index (χ1v) is 5.87. The molecule has 1 heterocycles. The normalized spacial score (nSPS) is 11.9. The number of rotatable bonds is 4. The molecule has 15 heavy (non-hydrogen) atoms. The highest BCUT2D eigenvalue weighted by Crippen LogP contribution is 2.09. The molecule has 0 aliphatic heterocycles. The van der Waals surface area contributed by atoms with E-state index in [-0.39, 0.29) is 0 Å². The van der Waals surface area contributed by atoms with Crippen molar-refractivity contribution in [3.05, 3.63) is 22.4 Å². The molecule has 0 atom stereocenters. The zero-order chi connectivity index (χ0) is 11.1. The van der Waals surface area contributed by atoms with Crippen molar-refractivity contribution in [3.63, 3.8) is 0 Å². The topological polar surface area (TPSA) is 62.4 Å². The van der Waals surface area contributed by atoms with Gasteiger partial charge in [-0.15, -0.1) is 11.3 Å². The molecule has 84 valence electrons. The number of nitrogens with one attached hydrogen (secondary N) is 2. The van der Waals surface area contributed by atoms with Crippen molar-refractivity contribution in [3.8, 4) is 0 Å². The van der Waals surface area contributed by atoms with E-state index in [4.69, 9.17) is 5.84 Å². The molecule has 4 nitrogen and oxygen atoms in total. The Balaban J connectivity index is 2.40. The summed E-state index contributed by atoms with van der Waals surface area (Å²) < 4.78 is 0. The van der Waals surface area contributed by atoms with Gasteiger partial charge in [0.15, 0.2) is 0 Å². The van der Waals surface area contributed by atoms with Crippen LogP contribution < -0.4 is 16.6 Å². The van der Waals surface area contributed by atoms with Gasteiger partial charge in [-0.1, -0.05) is 19.9 Å². The zero-order valence-electron chi connectivity index (χ0n) is 9.16. The Hall–Kier alpha value is -1.07. The van der Waals surface area contributed by atoms with Gasteiger partial charge in [-0.3, -0.25) is 5.43 Å². The van der Waals surface area contributed by atoms with Crippen molar-refractivity contribution in [2.75, 3.05) is 6.54 Å². The summed E-state index contributed by atoms with van der Waals surface area (Å²) in [6.07, 6.45) is 0. The molecule has 1 aromatic rings. The van der Waals surface area contributed by atoms with Crippen LogP contribution in [-0.4, -0.2) is 12.5 Å². The Labute approximate surface area is 94.6 Å². The Kier molecular flexibility index (Phi) is 5.14. The molecule has 0 spiro atoms. The molecule has 0 aromatic carbocycles. The molecule has 1 aromatic heterocycles. The smallest absolute Gasteiger partial charge is 0.206 e. The van der Waals surface area contributed by atoms with Crippen LogP contribution in [0.5, 0.6) is 0 Å². The van der Waals surface area contributed by atoms with Crippen molar-refractivity contribution in [1.29, 1.82) is 0 Å². The van der Waals surface area contributed by atoms with Crippen molar-refractivity contribution in [1.82, 2.24) is 10.7 Å². The van der Waals surface area contributed by atoms with Gasteiger partial charge in [-0.25, -0.2) is 10.8 Å². The van der Waals surface area contributed by atoms with Gasteiger partial charge in [0.05, 0.1) is 6.54 Å². The van der Waals surface area contributed by atoms with Crippen molar-refractivity contribution >= 4 is 17.3 Å². The molecular formula is C10H18N4S. The predicted octanol–water partition coefficient (Wildman–Crippen LogP) is 1.31. The lowest BCUT2D eigenvalue weighted by atomic mass is 10.2. The average molecular weight is 226 g/mol. The molecular weight excluding hydrogens is 208 g/mol. The number of thiophene rings is 1. The third kappa shape index (κ3) is 4.80. The van der Waals surface area contributed by atoms with E-state index >= 15 is 0 Å². The summed E-state index contributed by atoms with van der Waals surface area (Å²) in [5.74, 6) is 6.58. The SMILES string of the molecule is CC(C)CNC(=NCc1cccs1)NN. The van der Waals surface area contributed by atoms with Gasteiger partial charge in [0.25, 0.3) is 0 Å². The highest BCUT2D eigenvalue weighted by molar-refractivity contribution is 7.09. The molecule has 0 saturated carbocycles. The average Bonchev–Trinajstić information content (AvgIpc) is 2.70. The maximum absolute atomic E-state index is 5.36. The van der Waals surface area contributed by atoms with Gasteiger partial charge < -0.3 is 5.32 Å². The van der Waals surface area contributed by atoms with E-state index in [9.17, 15) is 0 Å². The summed E-state index contributed by atoms with van der Waals surface area (Å²) in [6.45, 7) is 5.82. The molecule has 0 aliphatic carbocycles. The van der Waals surface area contributed by atoms with Crippen molar-refractivity contribution in [2.45, 2.75) is 20.4 Å². The zero-order valence-corrected chi connectivity index (χ0v) is 9.97. The molecule has 4 N–H and O–H groups in total. The molecule has 0 unspecified atom stereocenters. The number of nitrogens with zero attached hydrogens (tertiary/aromatic N) is 1. The van der Waals surface area contributed by atoms with E-state index in [1.54, 1.807) is 11.3 Å². The van der Waals surface area contributed by atoms with E-state index in [2.05, 4.69) is 35.6 Å². The van der Waals surface area contributed by atoms with Gasteiger partial charge >= 0.3 is 0 Å². The lowest BCUT2D eigenvalue weighted by Crippen LogP contribution is -2.42. The van der Waals surface area contributed by atoms with Gasteiger partial charge in [0, 0.05) is 11.4 Å². The monoisotopic (exact) mass is 226 g/mol. The number of hydrogen-bond donors (Lipinski definition) is 3. The second kappa shape index (κ2) is 6.42. The minimum Gasteiger partial charge on any atom is -0.355 e. The first-order valence-electron chi connectivity index (χ1n) is 4.99. The fraction of sp³-hybridized carbons (Fsp3) is 0.500. The highest BCUT2D eigenvalue weighted by atomic mass is 32.1. The van der Waals surface area contributed by atoms with E-state index in [1.165, 1.54) is 4.88 Å². The number of aliphatic imine (C=N–C) groups is 1. The molecule has 0 fully saturated rings. The molecule has 0 bridgehead atoms. The molecule has 0 radical (unpaired) electrons. The summed E-state index contributed by atoms with van der Waals surface area (Å²) in [7, 11) is 0. The summed E-state index contributed by atoms with van der Waals surface area (Å²) in [5.41, 5.74) is 2.56. The Morgan fingerprint density at radius 2 is 2.40 bits per heavy atom. The van der Waals surface area contributed by atoms with Crippen molar-refractivity contribution < 1.29 is 0 Å². The molecule has 5 heteroatoms. The standard InChI is InChI=1S/C10H18N4S/c1-8(2)6-12-10(14-11)13-7-9-4-3-5-15-9/h3-5,8H,6-7,11H2,1-2H3,(H2,12,13,14). The van der Waals surface area contributed by atoms with E-state index in [0.717, 1.165) is 6.54 Å². The van der Waals surface area contributed by atoms with Gasteiger partial charge in [-0.05, 0) is 17.4 Å². The molecule has 0 saturated heterocycles. The minimum absolute atomic E-state index is 0.574. The van der Waals surface area contributed by atoms with Crippen LogP contribution in [0.4, 0.5) is 0 Å². The summed E-state index contributed by atoms with van der Waals surface area (Å²) >= 11 is 1.70. The summed E-state index contributed by atoms with van der Waals surface area (Å²) in [6, 6.07) is 4.08. The third-order valence-corrected chi connectivity index (χ3v) is 2.65. The predicted molar refractivity (Wildman–Crippen MR) is 65.6 cm³/mol. The molecule has 1 rings (SSSR count). The second-order valence-corrected chi connectivity index (χ2v) is 4.70. The fourth-order valence-corrected chi connectivity index (χ4v) is 1.64. The maximum atomic E-state index is 5.36. The number of hydrazine groups is 1. The summed E-state index contributed by atoms with van der Waals surface area (Å²) in [4.78, 5) is 5.57. The van der Waals surface area contributed by atoms with Gasteiger partial charge in [0.1, 0.15) is 0 Å². The van der Waals surface area contributed by atoms with Crippen LogP contribution >= 0.6 is 11.3 Å². The lowest BCUT2D eigenvalue weighted by molar-refractivity contribution is 0.615. The van der Waals surface area contributed by atoms with Crippen LogP contribution in [0.2, 0.25) is 0 Å². The van der Waals surface area contributed by atoms with E-state index in [0.29, 0.717) is 18.4 Å². The van der Waals surface area contributed by atoms with Crippen molar-refractivity contribution in [2.24, 2.45) is 16.8 Å². The third-order valence-electron chi connectivity index (χ3n) is 1.79. The Bertz CT molecular complexity index is 292. The van der Waals surface area contributed by atoms with Gasteiger partial charge in [0.2, 0.25) is 5.96 Å². The quantitative estimate of drug-likeness (QED) is 0.314. The fourth-order valence-electron chi connectivity index (χ4n) is 1.01. The number of guanidine groups is 1. The van der Waals surface area contributed by atoms with Crippen LogP contribution in [0.3, 0.4) is 0 Å². The number of nitrogens with two attached hydrogens (primary N) is 1. The van der Waals surface area contributed by atoms with E-state index < -0.39 is 0 Å². The van der Waals surface area contributed by atoms with Crippen LogP contribution in [0.25, 0.3) is 0 Å². The Morgan fingerprint density at radius 1 is 1.60 bits per heavy atom. The van der Waals surface area contributed by atoms with Crippen LogP contribution in [-0.2, 0) is 6.54 Å². The first kappa shape index (κ1) is 12.0.